The molecule has 1 N–H and O–H groups in total. The quantitative estimate of drug-likeness (QED) is 0.932. The molecule has 0 fully saturated rings. The Balaban J connectivity index is 2.03. The number of halogens is 3. The van der Waals surface area contributed by atoms with Crippen LogP contribution in [0.2, 0.25) is 5.22 Å². The molecule has 0 unspecified atom stereocenters. The van der Waals surface area contributed by atoms with Gasteiger partial charge < -0.3 is 9.73 Å². The Bertz CT molecular complexity index is 583. The summed E-state index contributed by atoms with van der Waals surface area (Å²) in [6.07, 6.45) is 0. The van der Waals surface area contributed by atoms with Crippen LogP contribution >= 0.6 is 11.6 Å². The van der Waals surface area contributed by atoms with Gasteiger partial charge in [-0.15, -0.1) is 0 Å². The Kier molecular flexibility index (Phi) is 3.62. The van der Waals surface area contributed by atoms with Crippen molar-refractivity contribution in [3.8, 4) is 0 Å². The first-order chi connectivity index (χ1) is 8.56. The number of benzene rings is 1. The molecular weight excluding hydrogens is 264 g/mol. The van der Waals surface area contributed by atoms with Crippen molar-refractivity contribution >= 4 is 17.5 Å². The number of nitrogens with one attached hydrogen (secondary N) is 1. The number of rotatable bonds is 3. The van der Waals surface area contributed by atoms with Gasteiger partial charge in [-0.25, -0.2) is 8.78 Å². The van der Waals surface area contributed by atoms with Gasteiger partial charge in [-0.05, 0) is 41.9 Å². The Morgan fingerprint density at radius 2 is 2.06 bits per heavy atom. The molecule has 1 heterocycles. The van der Waals surface area contributed by atoms with Crippen molar-refractivity contribution in [1.29, 1.82) is 0 Å². The van der Waals surface area contributed by atoms with E-state index in [-0.39, 0.29) is 23.1 Å². The minimum Gasteiger partial charge on any atom is -0.440 e. The van der Waals surface area contributed by atoms with Crippen molar-refractivity contribution in [2.75, 3.05) is 0 Å². The third-order valence-electron chi connectivity index (χ3n) is 2.24. The summed E-state index contributed by atoms with van der Waals surface area (Å²) in [5.74, 6) is -1.70. The molecule has 1 amide bonds. The van der Waals surface area contributed by atoms with E-state index in [1.807, 2.05) is 0 Å². The van der Waals surface area contributed by atoms with E-state index in [9.17, 15) is 13.6 Å². The largest absolute Gasteiger partial charge is 0.440 e. The molecule has 0 spiro atoms. The maximum absolute atomic E-state index is 13.3. The molecular formula is C12H8ClF2NO2. The van der Waals surface area contributed by atoms with Gasteiger partial charge in [0.15, 0.2) is 11.0 Å². The van der Waals surface area contributed by atoms with Gasteiger partial charge in [-0.1, -0.05) is 0 Å². The minimum absolute atomic E-state index is 0.0109. The fraction of sp³-hybridized carbons (Fsp3) is 0.0833. The van der Waals surface area contributed by atoms with Crippen molar-refractivity contribution < 1.29 is 18.0 Å². The predicted octanol–water partition coefficient (Wildman–Crippen LogP) is 3.14. The SMILES string of the molecule is O=C(NCc1cc(F)ccc1F)c1ccc(Cl)o1. The second-order valence-corrected chi connectivity index (χ2v) is 3.89. The first kappa shape index (κ1) is 12.6. The van der Waals surface area contributed by atoms with Crippen molar-refractivity contribution in [2.24, 2.45) is 0 Å². The summed E-state index contributed by atoms with van der Waals surface area (Å²) in [7, 11) is 0. The summed E-state index contributed by atoms with van der Waals surface area (Å²) in [5.41, 5.74) is 0.0565. The van der Waals surface area contributed by atoms with Crippen LogP contribution in [0.25, 0.3) is 0 Å². The molecule has 0 radical (unpaired) electrons. The molecule has 0 aliphatic rings. The molecule has 18 heavy (non-hydrogen) atoms. The number of carbonyl (C=O) groups is 1. The summed E-state index contributed by atoms with van der Waals surface area (Å²) in [4.78, 5) is 11.5. The number of hydrogen-bond acceptors (Lipinski definition) is 2. The number of amides is 1. The molecule has 94 valence electrons. The summed E-state index contributed by atoms with van der Waals surface area (Å²) >= 11 is 5.51. The molecule has 0 aliphatic carbocycles. The van der Waals surface area contributed by atoms with Gasteiger partial charge in [0.2, 0.25) is 0 Å². The van der Waals surface area contributed by atoms with Crippen LogP contribution in [0.3, 0.4) is 0 Å². The summed E-state index contributed by atoms with van der Waals surface area (Å²) in [6, 6.07) is 5.83. The van der Waals surface area contributed by atoms with Crippen LogP contribution in [0.4, 0.5) is 8.78 Å². The third kappa shape index (κ3) is 2.87. The molecule has 6 heteroatoms. The van der Waals surface area contributed by atoms with Crippen LogP contribution < -0.4 is 5.32 Å². The lowest BCUT2D eigenvalue weighted by molar-refractivity contribution is 0.0923. The van der Waals surface area contributed by atoms with Gasteiger partial charge in [0, 0.05) is 12.1 Å². The van der Waals surface area contributed by atoms with E-state index >= 15 is 0 Å². The van der Waals surface area contributed by atoms with Gasteiger partial charge in [0.05, 0.1) is 0 Å². The second kappa shape index (κ2) is 5.18. The summed E-state index contributed by atoms with van der Waals surface area (Å²) in [5, 5.41) is 2.48. The molecule has 2 rings (SSSR count). The third-order valence-corrected chi connectivity index (χ3v) is 2.45. The average Bonchev–Trinajstić information content (AvgIpc) is 2.77. The molecule has 3 nitrogen and oxygen atoms in total. The lowest BCUT2D eigenvalue weighted by Crippen LogP contribution is -2.22. The zero-order chi connectivity index (χ0) is 13.1. The molecule has 2 aromatic rings. The van der Waals surface area contributed by atoms with Gasteiger partial charge in [-0.3, -0.25) is 4.79 Å². The van der Waals surface area contributed by atoms with Gasteiger partial charge in [-0.2, -0.15) is 0 Å². The molecule has 1 aromatic heterocycles. The number of hydrogen-bond donors (Lipinski definition) is 1. The van der Waals surface area contributed by atoms with E-state index in [0.29, 0.717) is 0 Å². The fourth-order valence-corrected chi connectivity index (χ4v) is 1.52. The molecule has 0 aliphatic heterocycles. The van der Waals surface area contributed by atoms with Crippen molar-refractivity contribution in [3.05, 3.63) is 58.5 Å². The Morgan fingerprint density at radius 3 is 2.72 bits per heavy atom. The number of furan rings is 1. The lowest BCUT2D eigenvalue weighted by Gasteiger charge is -2.04. The molecule has 0 atom stereocenters. The van der Waals surface area contributed by atoms with Gasteiger partial charge in [0.25, 0.3) is 5.91 Å². The van der Waals surface area contributed by atoms with E-state index in [4.69, 9.17) is 16.0 Å². The molecule has 0 bridgehead atoms. The normalized spacial score (nSPS) is 10.4. The Morgan fingerprint density at radius 1 is 1.28 bits per heavy atom. The average molecular weight is 272 g/mol. The van der Waals surface area contributed by atoms with Crippen LogP contribution in [0.15, 0.2) is 34.7 Å². The standard InChI is InChI=1S/C12H8ClF2NO2/c13-11-4-3-10(18-11)12(17)16-6-7-5-8(14)1-2-9(7)15/h1-5H,6H2,(H,16,17). The highest BCUT2D eigenvalue weighted by Gasteiger charge is 2.11. The van der Waals surface area contributed by atoms with E-state index in [1.165, 1.54) is 12.1 Å². The molecule has 0 saturated carbocycles. The summed E-state index contributed by atoms with van der Waals surface area (Å²) in [6.45, 7) is -0.138. The lowest BCUT2D eigenvalue weighted by atomic mass is 10.2. The highest BCUT2D eigenvalue weighted by molar-refractivity contribution is 6.29. The van der Waals surface area contributed by atoms with Crippen LogP contribution in [0.1, 0.15) is 16.1 Å². The van der Waals surface area contributed by atoms with E-state index in [0.717, 1.165) is 18.2 Å². The van der Waals surface area contributed by atoms with Crippen molar-refractivity contribution in [3.63, 3.8) is 0 Å². The van der Waals surface area contributed by atoms with E-state index < -0.39 is 17.5 Å². The van der Waals surface area contributed by atoms with E-state index in [2.05, 4.69) is 5.32 Å². The fourth-order valence-electron chi connectivity index (χ4n) is 1.38. The smallest absolute Gasteiger partial charge is 0.287 e. The second-order valence-electron chi connectivity index (χ2n) is 3.52. The van der Waals surface area contributed by atoms with Crippen molar-refractivity contribution in [2.45, 2.75) is 6.54 Å². The topological polar surface area (TPSA) is 42.2 Å². The zero-order valence-corrected chi connectivity index (χ0v) is 9.80. The first-order valence-corrected chi connectivity index (χ1v) is 5.41. The number of carbonyl (C=O) groups excluding carboxylic acids is 1. The van der Waals surface area contributed by atoms with Gasteiger partial charge in [0.1, 0.15) is 11.6 Å². The maximum atomic E-state index is 13.3. The van der Waals surface area contributed by atoms with Crippen LogP contribution in [0.5, 0.6) is 0 Å². The van der Waals surface area contributed by atoms with E-state index in [1.54, 1.807) is 0 Å². The van der Waals surface area contributed by atoms with Crippen LogP contribution in [0, 0.1) is 11.6 Å². The van der Waals surface area contributed by atoms with Crippen molar-refractivity contribution in [1.82, 2.24) is 5.32 Å². The summed E-state index contributed by atoms with van der Waals surface area (Å²) < 4.78 is 31.0. The molecule has 1 aromatic carbocycles. The van der Waals surface area contributed by atoms with Crippen LogP contribution in [-0.2, 0) is 6.54 Å². The maximum Gasteiger partial charge on any atom is 0.287 e. The molecule has 0 saturated heterocycles. The monoisotopic (exact) mass is 271 g/mol. The predicted molar refractivity (Wildman–Crippen MR) is 61.2 cm³/mol. The first-order valence-electron chi connectivity index (χ1n) is 5.04. The highest BCUT2D eigenvalue weighted by atomic mass is 35.5. The zero-order valence-electron chi connectivity index (χ0n) is 9.04. The van der Waals surface area contributed by atoms with Gasteiger partial charge >= 0.3 is 0 Å². The minimum atomic E-state index is -0.589. The Labute approximate surface area is 106 Å². The Hall–Kier alpha value is -1.88. The van der Waals surface area contributed by atoms with Crippen LogP contribution in [-0.4, -0.2) is 5.91 Å². The highest BCUT2D eigenvalue weighted by Crippen LogP contribution is 2.13.